The van der Waals surface area contributed by atoms with Gasteiger partial charge in [0.2, 0.25) is 11.8 Å². The number of hydroxylamine groups is 2. The summed E-state index contributed by atoms with van der Waals surface area (Å²) in [6.45, 7) is 6.86. The van der Waals surface area contributed by atoms with Crippen LogP contribution in [0.4, 0.5) is 8.78 Å². The minimum absolute atomic E-state index is 0.00125. The minimum atomic E-state index is -0.939. The molecule has 5 rings (SSSR count). The molecule has 3 aromatic rings. The highest BCUT2D eigenvalue weighted by atomic mass is 19.2. The summed E-state index contributed by atoms with van der Waals surface area (Å²) in [5.41, 5.74) is 2.86. The first kappa shape index (κ1) is 31.7. The van der Waals surface area contributed by atoms with E-state index in [1.165, 1.54) is 13.2 Å². The van der Waals surface area contributed by atoms with Crippen LogP contribution in [0.15, 0.2) is 48.5 Å². The Morgan fingerprint density at radius 3 is 2.50 bits per heavy atom. The summed E-state index contributed by atoms with van der Waals surface area (Å²) < 4.78 is 40.6. The van der Waals surface area contributed by atoms with E-state index >= 15 is 0 Å². The first-order chi connectivity index (χ1) is 21.3. The first-order valence-corrected chi connectivity index (χ1v) is 15.2. The lowest BCUT2D eigenvalue weighted by Crippen LogP contribution is -2.41. The number of ether oxygens (including phenoxy) is 2. The Labute approximate surface area is 256 Å². The lowest BCUT2D eigenvalue weighted by molar-refractivity contribution is -0.146. The number of hydrogen-bond acceptors (Lipinski definition) is 7. The third-order valence-corrected chi connectivity index (χ3v) is 8.50. The molecule has 236 valence electrons. The average Bonchev–Trinajstić information content (AvgIpc) is 3.58. The van der Waals surface area contributed by atoms with Crippen molar-refractivity contribution in [3.8, 4) is 11.6 Å². The van der Waals surface area contributed by atoms with Crippen LogP contribution in [0, 0.1) is 30.4 Å². The van der Waals surface area contributed by atoms with Gasteiger partial charge < -0.3 is 14.4 Å². The molecule has 2 aliphatic rings. The van der Waals surface area contributed by atoms with Crippen LogP contribution >= 0.6 is 0 Å². The Balaban J connectivity index is 1.29. The van der Waals surface area contributed by atoms with Gasteiger partial charge in [0.1, 0.15) is 18.5 Å². The summed E-state index contributed by atoms with van der Waals surface area (Å²) in [6, 6.07) is 13.4. The Kier molecular flexibility index (Phi) is 10.4. The fourth-order valence-corrected chi connectivity index (χ4v) is 5.99. The molecule has 1 aromatic heterocycles. The highest BCUT2D eigenvalue weighted by Gasteiger charge is 2.37. The van der Waals surface area contributed by atoms with Crippen LogP contribution in [0.1, 0.15) is 49.1 Å². The normalized spacial score (nSPS) is 19.4. The highest BCUT2D eigenvalue weighted by Crippen LogP contribution is 2.37. The number of likely N-dealkylation sites (tertiary alicyclic amines) is 1. The number of halogens is 2. The van der Waals surface area contributed by atoms with Crippen LogP contribution in [0.25, 0.3) is 5.69 Å². The van der Waals surface area contributed by atoms with E-state index in [-0.39, 0.29) is 43.0 Å². The molecule has 0 aliphatic carbocycles. The Bertz CT molecular complexity index is 1440. The van der Waals surface area contributed by atoms with Gasteiger partial charge in [-0.05, 0) is 55.5 Å². The molecule has 0 unspecified atom stereocenters. The van der Waals surface area contributed by atoms with Crippen LogP contribution in [-0.4, -0.2) is 77.9 Å². The monoisotopic (exact) mass is 610 g/mol. The van der Waals surface area contributed by atoms with Gasteiger partial charge in [0.25, 0.3) is 0 Å². The van der Waals surface area contributed by atoms with E-state index in [1.54, 1.807) is 9.75 Å². The summed E-state index contributed by atoms with van der Waals surface area (Å²) in [4.78, 5) is 33.6. The highest BCUT2D eigenvalue weighted by molar-refractivity contribution is 5.81. The lowest BCUT2D eigenvalue weighted by atomic mass is 9.90. The molecule has 0 N–H and O–H groups in total. The number of piperidine rings is 1. The maximum Gasteiger partial charge on any atom is 0.248 e. The molecule has 0 spiro atoms. The average molecular weight is 611 g/mol. The van der Waals surface area contributed by atoms with Gasteiger partial charge in [-0.2, -0.15) is 5.06 Å². The van der Waals surface area contributed by atoms with Gasteiger partial charge in [0.15, 0.2) is 11.6 Å². The van der Waals surface area contributed by atoms with Crippen molar-refractivity contribution in [3.05, 3.63) is 77.0 Å². The molecule has 11 heteroatoms. The summed E-state index contributed by atoms with van der Waals surface area (Å²) in [6.07, 6.45) is 1.44. The number of carbonyl (C=O) groups excluding carboxylic acids is 2. The number of carbonyl (C=O) groups is 2. The second kappa shape index (κ2) is 14.4. The smallest absolute Gasteiger partial charge is 0.248 e. The van der Waals surface area contributed by atoms with Crippen LogP contribution in [0.5, 0.6) is 5.88 Å². The maximum atomic E-state index is 14.0. The summed E-state index contributed by atoms with van der Waals surface area (Å²) in [7, 11) is 1.52. The molecule has 1 amide bonds. The number of Topliss-reactive ketones (excluding diaryl/α,β-unsaturated/α-hetero) is 1. The van der Waals surface area contributed by atoms with Crippen LogP contribution in [0.2, 0.25) is 0 Å². The molecule has 0 bridgehead atoms. The van der Waals surface area contributed by atoms with Gasteiger partial charge in [-0.15, -0.1) is 5.10 Å². The number of hydrogen-bond donors (Lipinski definition) is 0. The molecular weight excluding hydrogens is 570 g/mol. The standard InChI is InChI=1S/C33H40F2N4O5/c1-4-38-19-25(32(44-38)24-10-11-28(34)29(35)17-24)16-27(40)18-30-22(2)33(36-39(30)26-8-6-5-7-9-26)43-20-23-12-14-37(15-13-23)31(41)21-42-3/h5-11,17,23,25,32H,4,12-16,18-21H2,1-3H3/t25-,32+/m1/s1. The summed E-state index contributed by atoms with van der Waals surface area (Å²) in [5, 5.41) is 6.53. The van der Waals surface area contributed by atoms with Gasteiger partial charge in [0, 0.05) is 57.6 Å². The van der Waals surface area contributed by atoms with Crippen molar-refractivity contribution in [1.29, 1.82) is 0 Å². The molecule has 2 aromatic carbocycles. The quantitative estimate of drug-likeness (QED) is 0.290. The predicted molar refractivity (Wildman–Crippen MR) is 159 cm³/mol. The predicted octanol–water partition coefficient (Wildman–Crippen LogP) is 4.85. The van der Waals surface area contributed by atoms with Crippen LogP contribution < -0.4 is 4.74 Å². The third kappa shape index (κ3) is 7.34. The van der Waals surface area contributed by atoms with Crippen molar-refractivity contribution in [3.63, 3.8) is 0 Å². The van der Waals surface area contributed by atoms with E-state index in [0.717, 1.165) is 41.9 Å². The van der Waals surface area contributed by atoms with E-state index in [0.29, 0.717) is 44.2 Å². The topological polar surface area (TPSA) is 86.1 Å². The second-order valence-electron chi connectivity index (χ2n) is 11.6. The lowest BCUT2D eigenvalue weighted by Gasteiger charge is -2.31. The van der Waals surface area contributed by atoms with Crippen LogP contribution in [0.3, 0.4) is 0 Å². The van der Waals surface area contributed by atoms with Crippen molar-refractivity contribution < 1.29 is 32.7 Å². The maximum absolute atomic E-state index is 14.0. The largest absolute Gasteiger partial charge is 0.476 e. The van der Waals surface area contributed by atoms with E-state index in [2.05, 4.69) is 0 Å². The molecule has 2 aliphatic heterocycles. The minimum Gasteiger partial charge on any atom is -0.476 e. The Hall–Kier alpha value is -3.67. The fourth-order valence-electron chi connectivity index (χ4n) is 5.99. The molecule has 0 radical (unpaired) electrons. The molecule has 2 saturated heterocycles. The molecule has 0 saturated carbocycles. The van der Waals surface area contributed by atoms with Crippen molar-refractivity contribution >= 4 is 11.7 Å². The molecule has 44 heavy (non-hydrogen) atoms. The zero-order chi connectivity index (χ0) is 31.2. The van der Waals surface area contributed by atoms with E-state index < -0.39 is 17.7 Å². The zero-order valence-corrected chi connectivity index (χ0v) is 25.5. The number of para-hydroxylation sites is 1. The van der Waals surface area contributed by atoms with Gasteiger partial charge in [-0.3, -0.25) is 14.4 Å². The molecular formula is C33H40F2N4O5. The Morgan fingerprint density at radius 2 is 1.82 bits per heavy atom. The van der Waals surface area contributed by atoms with Crippen molar-refractivity contribution in [1.82, 2.24) is 19.7 Å². The van der Waals surface area contributed by atoms with Crippen LogP contribution in [-0.2, 0) is 25.6 Å². The van der Waals surface area contributed by atoms with Crippen molar-refractivity contribution in [2.75, 3.05) is 46.5 Å². The number of aromatic nitrogens is 2. The SMILES string of the molecule is CCN1C[C@@H](CC(=O)Cc2c(C)c(OCC3CCN(C(=O)COC)CC3)nn2-c2ccccc2)[C@H](c2ccc(F)c(F)c2)O1. The number of ketones is 1. The molecule has 2 atom stereocenters. The number of nitrogens with zero attached hydrogens (tertiary/aromatic N) is 4. The van der Waals surface area contributed by atoms with E-state index in [4.69, 9.17) is 19.4 Å². The Morgan fingerprint density at radius 1 is 1.07 bits per heavy atom. The van der Waals surface area contributed by atoms with Gasteiger partial charge in [-0.25, -0.2) is 13.5 Å². The van der Waals surface area contributed by atoms with E-state index in [1.807, 2.05) is 49.1 Å². The van der Waals surface area contributed by atoms with Gasteiger partial charge in [-0.1, -0.05) is 31.2 Å². The summed E-state index contributed by atoms with van der Waals surface area (Å²) in [5.74, 6) is -1.33. The molecule has 9 nitrogen and oxygen atoms in total. The molecule has 3 heterocycles. The second-order valence-corrected chi connectivity index (χ2v) is 11.6. The number of methoxy groups -OCH3 is 1. The number of rotatable bonds is 12. The first-order valence-electron chi connectivity index (χ1n) is 15.2. The van der Waals surface area contributed by atoms with Gasteiger partial charge >= 0.3 is 0 Å². The molecule has 2 fully saturated rings. The van der Waals surface area contributed by atoms with Crippen molar-refractivity contribution in [2.24, 2.45) is 11.8 Å². The number of benzene rings is 2. The summed E-state index contributed by atoms with van der Waals surface area (Å²) >= 11 is 0. The zero-order valence-electron chi connectivity index (χ0n) is 25.5. The van der Waals surface area contributed by atoms with Crippen molar-refractivity contribution in [2.45, 2.75) is 45.6 Å². The third-order valence-electron chi connectivity index (χ3n) is 8.50. The fraction of sp³-hybridized carbons (Fsp3) is 0.485. The number of amides is 1. The van der Waals surface area contributed by atoms with Gasteiger partial charge in [0.05, 0.1) is 18.0 Å². The van der Waals surface area contributed by atoms with E-state index in [9.17, 15) is 18.4 Å².